The quantitative estimate of drug-likeness (QED) is 0.536. The van der Waals surface area contributed by atoms with Gasteiger partial charge in [0.1, 0.15) is 0 Å². The van der Waals surface area contributed by atoms with Crippen molar-refractivity contribution in [1.29, 1.82) is 0 Å². The number of nitrogens with two attached hydrogens (primary N) is 1. The van der Waals surface area contributed by atoms with Crippen LogP contribution in [0.2, 0.25) is 0 Å². The van der Waals surface area contributed by atoms with Crippen molar-refractivity contribution in [2.45, 2.75) is 17.9 Å². The molecule has 0 saturated carbocycles. The zero-order valence-electron chi connectivity index (χ0n) is 8.61. The van der Waals surface area contributed by atoms with E-state index in [2.05, 4.69) is 0 Å². The van der Waals surface area contributed by atoms with Gasteiger partial charge in [-0.1, -0.05) is 24.3 Å². The van der Waals surface area contributed by atoms with E-state index in [9.17, 15) is 9.32 Å². The Balaban J connectivity index is 2.74. The number of aliphatic hydroxyl groups excluding tert-OH is 2. The van der Waals surface area contributed by atoms with Crippen molar-refractivity contribution in [2.75, 3.05) is 6.61 Å². The molecule has 0 amide bonds. The Hall–Kier alpha value is -0.790. The van der Waals surface area contributed by atoms with E-state index in [1.54, 1.807) is 24.3 Å². The number of aliphatic hydroxyl groups is 2. The summed E-state index contributed by atoms with van der Waals surface area (Å²) in [6.07, 6.45) is -0.932. The molecule has 5 nitrogen and oxygen atoms in total. The second-order valence-corrected chi connectivity index (χ2v) is 4.43. The lowest BCUT2D eigenvalue weighted by molar-refractivity contribution is 0.109. The van der Waals surface area contributed by atoms with Crippen molar-refractivity contribution in [1.82, 2.24) is 0 Å². The maximum absolute atomic E-state index is 10.6. The van der Waals surface area contributed by atoms with Crippen molar-refractivity contribution in [3.63, 3.8) is 0 Å². The lowest BCUT2D eigenvalue weighted by Gasteiger charge is -2.16. The standard InChI is InChI=1S/C10H15NO4S/c11-9(5-12)10(13)8-3-1-7(2-4-8)6-16(14)15/h1-4,9-10,12-13H,5-6,11H2,(H,14,15)/t9-,10-/m1/s1. The highest BCUT2D eigenvalue weighted by molar-refractivity contribution is 7.78. The van der Waals surface area contributed by atoms with E-state index in [4.69, 9.17) is 15.4 Å². The summed E-state index contributed by atoms with van der Waals surface area (Å²) in [5.74, 6) is 0.0580. The van der Waals surface area contributed by atoms with E-state index in [1.165, 1.54) is 0 Å². The van der Waals surface area contributed by atoms with E-state index in [0.717, 1.165) is 0 Å². The van der Waals surface area contributed by atoms with Crippen LogP contribution in [0.15, 0.2) is 24.3 Å². The van der Waals surface area contributed by atoms with Gasteiger partial charge in [0.2, 0.25) is 0 Å². The van der Waals surface area contributed by atoms with Gasteiger partial charge in [-0.2, -0.15) is 0 Å². The second-order valence-electron chi connectivity index (χ2n) is 3.50. The molecule has 0 fully saturated rings. The zero-order valence-corrected chi connectivity index (χ0v) is 9.43. The number of rotatable bonds is 5. The van der Waals surface area contributed by atoms with Crippen LogP contribution in [0.4, 0.5) is 0 Å². The highest BCUT2D eigenvalue weighted by Crippen LogP contribution is 2.16. The summed E-state index contributed by atoms with van der Waals surface area (Å²) in [7, 11) is 0. The molecule has 6 heteroatoms. The van der Waals surface area contributed by atoms with Gasteiger partial charge in [0.25, 0.3) is 0 Å². The Morgan fingerprint density at radius 2 is 1.88 bits per heavy atom. The van der Waals surface area contributed by atoms with Gasteiger partial charge >= 0.3 is 0 Å². The predicted octanol–water partition coefficient (Wildman–Crippen LogP) is -0.239. The third-order valence-electron chi connectivity index (χ3n) is 2.23. The second kappa shape index (κ2) is 6.07. The van der Waals surface area contributed by atoms with Crippen LogP contribution in [0.1, 0.15) is 17.2 Å². The number of hydrogen-bond acceptors (Lipinski definition) is 4. The summed E-state index contributed by atoms with van der Waals surface area (Å²) in [6, 6.07) is 5.83. The Kier molecular flexibility index (Phi) is 5.04. The van der Waals surface area contributed by atoms with Crippen LogP contribution >= 0.6 is 0 Å². The molecule has 3 atom stereocenters. The van der Waals surface area contributed by atoms with Crippen molar-refractivity contribution in [3.05, 3.63) is 35.4 Å². The summed E-state index contributed by atoms with van der Waals surface area (Å²) in [5.41, 5.74) is 6.76. The summed E-state index contributed by atoms with van der Waals surface area (Å²) in [4.78, 5) is 0. The van der Waals surface area contributed by atoms with Crippen LogP contribution in [-0.4, -0.2) is 31.6 Å². The third kappa shape index (κ3) is 3.66. The predicted molar refractivity (Wildman–Crippen MR) is 60.9 cm³/mol. The van der Waals surface area contributed by atoms with Gasteiger partial charge in [-0.05, 0) is 11.1 Å². The van der Waals surface area contributed by atoms with Gasteiger partial charge < -0.3 is 20.5 Å². The van der Waals surface area contributed by atoms with Crippen LogP contribution in [0.3, 0.4) is 0 Å². The van der Waals surface area contributed by atoms with Crippen LogP contribution in [0, 0.1) is 0 Å². The van der Waals surface area contributed by atoms with Gasteiger partial charge in [0.05, 0.1) is 24.5 Å². The maximum atomic E-state index is 10.6. The van der Waals surface area contributed by atoms with E-state index in [-0.39, 0.29) is 12.4 Å². The summed E-state index contributed by atoms with van der Waals surface area (Å²) in [6.45, 7) is -0.302. The number of hydrogen-bond donors (Lipinski definition) is 4. The first-order chi connectivity index (χ1) is 7.54. The van der Waals surface area contributed by atoms with Crippen molar-refractivity contribution < 1.29 is 19.0 Å². The van der Waals surface area contributed by atoms with Crippen LogP contribution in [0.25, 0.3) is 0 Å². The molecule has 1 unspecified atom stereocenters. The molecule has 0 aliphatic heterocycles. The average molecular weight is 245 g/mol. The molecule has 0 spiro atoms. The molecule has 0 radical (unpaired) electrons. The Bertz CT molecular complexity index is 354. The first kappa shape index (κ1) is 13.3. The highest BCUT2D eigenvalue weighted by atomic mass is 32.2. The zero-order chi connectivity index (χ0) is 12.1. The Morgan fingerprint density at radius 1 is 1.31 bits per heavy atom. The SMILES string of the molecule is N[C@H](CO)[C@H](O)c1ccc(CS(=O)O)cc1. The van der Waals surface area contributed by atoms with E-state index >= 15 is 0 Å². The minimum atomic E-state index is -1.87. The first-order valence-electron chi connectivity index (χ1n) is 4.75. The Morgan fingerprint density at radius 3 is 2.31 bits per heavy atom. The molecule has 0 aliphatic carbocycles. The Labute approximate surface area is 96.2 Å². The molecule has 1 aromatic rings. The fraction of sp³-hybridized carbons (Fsp3) is 0.400. The average Bonchev–Trinajstić information content (AvgIpc) is 2.27. The minimum Gasteiger partial charge on any atom is -0.395 e. The molecule has 5 N–H and O–H groups in total. The molecule has 0 heterocycles. The minimum absolute atomic E-state index is 0.0580. The van der Waals surface area contributed by atoms with E-state index in [1.807, 2.05) is 0 Å². The van der Waals surface area contributed by atoms with Gasteiger partial charge in [-0.15, -0.1) is 0 Å². The fourth-order valence-electron chi connectivity index (χ4n) is 1.30. The molecule has 0 aromatic heterocycles. The van der Waals surface area contributed by atoms with Crippen molar-refractivity contribution in [3.8, 4) is 0 Å². The molecule has 0 bridgehead atoms. The van der Waals surface area contributed by atoms with Crippen LogP contribution in [0.5, 0.6) is 0 Å². The van der Waals surface area contributed by atoms with Crippen LogP contribution < -0.4 is 5.73 Å². The van der Waals surface area contributed by atoms with E-state index in [0.29, 0.717) is 11.1 Å². The summed E-state index contributed by atoms with van der Waals surface area (Å²) >= 11 is -1.87. The maximum Gasteiger partial charge on any atom is 0.157 e. The smallest absolute Gasteiger partial charge is 0.157 e. The molecule has 1 aromatic carbocycles. The summed E-state index contributed by atoms with van der Waals surface area (Å²) < 4.78 is 19.2. The molecule has 90 valence electrons. The molecule has 16 heavy (non-hydrogen) atoms. The highest BCUT2D eigenvalue weighted by Gasteiger charge is 2.15. The molecule has 0 saturated heterocycles. The van der Waals surface area contributed by atoms with Crippen molar-refractivity contribution >= 4 is 11.1 Å². The monoisotopic (exact) mass is 245 g/mol. The topological polar surface area (TPSA) is 104 Å². The van der Waals surface area contributed by atoms with Crippen LogP contribution in [-0.2, 0) is 16.8 Å². The van der Waals surface area contributed by atoms with Gasteiger partial charge in [0, 0.05) is 0 Å². The van der Waals surface area contributed by atoms with E-state index < -0.39 is 23.2 Å². The third-order valence-corrected chi connectivity index (χ3v) is 2.81. The summed E-state index contributed by atoms with van der Waals surface area (Å²) in [5, 5.41) is 18.4. The first-order valence-corrected chi connectivity index (χ1v) is 6.03. The lowest BCUT2D eigenvalue weighted by atomic mass is 10.0. The molecule has 0 aliphatic rings. The fourth-order valence-corrected chi connectivity index (χ4v) is 1.78. The van der Waals surface area contributed by atoms with Gasteiger partial charge in [0.15, 0.2) is 11.1 Å². The van der Waals surface area contributed by atoms with Gasteiger partial charge in [-0.3, -0.25) is 0 Å². The molecule has 1 rings (SSSR count). The lowest BCUT2D eigenvalue weighted by Crippen LogP contribution is -2.31. The largest absolute Gasteiger partial charge is 0.395 e. The van der Waals surface area contributed by atoms with Crippen molar-refractivity contribution in [2.24, 2.45) is 5.73 Å². The molecular formula is C10H15NO4S. The number of benzene rings is 1. The van der Waals surface area contributed by atoms with Gasteiger partial charge in [-0.25, -0.2) is 4.21 Å². The molecular weight excluding hydrogens is 230 g/mol. The normalized spacial score (nSPS) is 16.8.